The third-order valence-electron chi connectivity index (χ3n) is 5.28. The van der Waals surface area contributed by atoms with Crippen LogP contribution in [0.5, 0.6) is 5.75 Å². The van der Waals surface area contributed by atoms with Crippen LogP contribution in [0.3, 0.4) is 0 Å². The van der Waals surface area contributed by atoms with Gasteiger partial charge in [-0.05, 0) is 69.4 Å². The van der Waals surface area contributed by atoms with Crippen LogP contribution in [0.15, 0.2) is 52.5 Å². The van der Waals surface area contributed by atoms with E-state index in [9.17, 15) is 14.7 Å². The minimum atomic E-state index is -0.669. The highest BCUT2D eigenvalue weighted by molar-refractivity contribution is 9.10. The van der Waals surface area contributed by atoms with Gasteiger partial charge in [-0.25, -0.2) is 0 Å². The smallest absolute Gasteiger partial charge is 0.295 e. The first-order valence-electron chi connectivity index (χ1n) is 10.2. The Morgan fingerprint density at radius 1 is 1.16 bits per heavy atom. The topological polar surface area (TPSA) is 70.1 Å². The highest BCUT2D eigenvalue weighted by Gasteiger charge is 2.46. The molecule has 2 aromatic carbocycles. The average Bonchev–Trinajstić information content (AvgIpc) is 2.97. The van der Waals surface area contributed by atoms with Crippen LogP contribution in [0.25, 0.3) is 5.76 Å². The van der Waals surface area contributed by atoms with Crippen molar-refractivity contribution in [2.24, 2.45) is 0 Å². The molecule has 1 aliphatic heterocycles. The Bertz CT molecular complexity index is 1010. The molecule has 1 heterocycles. The van der Waals surface area contributed by atoms with Crippen molar-refractivity contribution in [1.82, 2.24) is 9.80 Å². The molecule has 0 saturated carbocycles. The molecule has 1 unspecified atom stereocenters. The summed E-state index contributed by atoms with van der Waals surface area (Å²) in [6.07, 6.45) is 0. The number of ether oxygens (including phenoxy) is 1. The van der Waals surface area contributed by atoms with Gasteiger partial charge < -0.3 is 19.6 Å². The van der Waals surface area contributed by atoms with Crippen LogP contribution >= 0.6 is 15.9 Å². The summed E-state index contributed by atoms with van der Waals surface area (Å²) in [5.74, 6) is -0.746. The normalized spacial score (nSPS) is 18.1. The molecule has 1 aliphatic rings. The summed E-state index contributed by atoms with van der Waals surface area (Å²) in [5, 5.41) is 11.2. The second-order valence-corrected chi connectivity index (χ2v) is 8.67. The van der Waals surface area contributed by atoms with Crippen LogP contribution in [0, 0.1) is 6.92 Å². The van der Waals surface area contributed by atoms with Gasteiger partial charge in [0.05, 0.1) is 18.2 Å². The summed E-state index contributed by atoms with van der Waals surface area (Å²) < 4.78 is 6.41. The van der Waals surface area contributed by atoms with Gasteiger partial charge in [-0.3, -0.25) is 9.59 Å². The van der Waals surface area contributed by atoms with Gasteiger partial charge in [0.2, 0.25) is 0 Å². The number of aliphatic hydroxyl groups excluding tert-OH is 1. The van der Waals surface area contributed by atoms with Crippen LogP contribution in [-0.4, -0.2) is 60.4 Å². The molecule has 1 N–H and O–H groups in total. The molecule has 0 spiro atoms. The molecule has 7 heteroatoms. The van der Waals surface area contributed by atoms with E-state index in [1.165, 1.54) is 0 Å². The number of amides is 1. The van der Waals surface area contributed by atoms with Crippen LogP contribution in [0.4, 0.5) is 0 Å². The van der Waals surface area contributed by atoms with Gasteiger partial charge in [-0.1, -0.05) is 28.1 Å². The molecule has 31 heavy (non-hydrogen) atoms. The molecule has 2 aromatic rings. The van der Waals surface area contributed by atoms with E-state index in [0.717, 1.165) is 15.6 Å². The Kier molecular flexibility index (Phi) is 7.18. The fourth-order valence-corrected chi connectivity index (χ4v) is 3.98. The van der Waals surface area contributed by atoms with E-state index in [1.54, 1.807) is 17.0 Å². The van der Waals surface area contributed by atoms with E-state index in [1.807, 2.05) is 63.2 Å². The maximum atomic E-state index is 13.0. The number of hydrogen-bond acceptors (Lipinski definition) is 5. The van der Waals surface area contributed by atoms with Crippen LogP contribution in [-0.2, 0) is 9.59 Å². The number of likely N-dealkylation sites (tertiary alicyclic amines) is 1. The highest BCUT2D eigenvalue weighted by Crippen LogP contribution is 2.40. The minimum absolute atomic E-state index is 0.110. The van der Waals surface area contributed by atoms with E-state index < -0.39 is 17.7 Å². The number of likely N-dealkylation sites (N-methyl/N-ethyl adjacent to an activating group) is 1. The first-order valence-corrected chi connectivity index (χ1v) is 11.0. The quantitative estimate of drug-likeness (QED) is 0.361. The Labute approximate surface area is 191 Å². The molecule has 0 radical (unpaired) electrons. The van der Waals surface area contributed by atoms with E-state index in [2.05, 4.69) is 15.9 Å². The molecule has 0 aromatic heterocycles. The number of halogens is 1. The predicted octanol–water partition coefficient (Wildman–Crippen LogP) is 4.14. The first-order chi connectivity index (χ1) is 14.7. The van der Waals surface area contributed by atoms with Crippen molar-refractivity contribution in [3.8, 4) is 5.75 Å². The number of rotatable bonds is 7. The molecule has 1 saturated heterocycles. The lowest BCUT2D eigenvalue weighted by Crippen LogP contribution is -2.35. The van der Waals surface area contributed by atoms with Gasteiger partial charge in [0.25, 0.3) is 11.7 Å². The molecule has 1 amide bonds. The number of carbonyl (C=O) groups excluding carboxylic acids is 2. The number of benzene rings is 2. The zero-order chi connectivity index (χ0) is 22.7. The standard InChI is InChI=1S/C24H27BrN2O4/c1-5-31-18-10-11-19(15(2)14-18)22(28)20-21(16-6-8-17(25)9-7-16)27(13-12-26(3)4)24(30)23(20)29/h6-11,14,21,28H,5,12-13H2,1-4H3/b22-20+. The molecular weight excluding hydrogens is 460 g/mol. The molecule has 1 atom stereocenters. The largest absolute Gasteiger partial charge is 0.507 e. The Morgan fingerprint density at radius 3 is 2.42 bits per heavy atom. The zero-order valence-electron chi connectivity index (χ0n) is 18.2. The third-order valence-corrected chi connectivity index (χ3v) is 5.81. The van der Waals surface area contributed by atoms with Crippen molar-refractivity contribution >= 4 is 33.4 Å². The van der Waals surface area contributed by atoms with E-state index in [-0.39, 0.29) is 11.3 Å². The maximum Gasteiger partial charge on any atom is 0.295 e. The molecular formula is C24H27BrN2O4. The molecule has 0 bridgehead atoms. The number of Topliss-reactive ketones (excluding diaryl/α,β-unsaturated/α-hetero) is 1. The van der Waals surface area contributed by atoms with Crippen molar-refractivity contribution in [2.45, 2.75) is 19.9 Å². The summed E-state index contributed by atoms with van der Waals surface area (Å²) >= 11 is 3.43. The van der Waals surface area contributed by atoms with Crippen LogP contribution in [0.2, 0.25) is 0 Å². The van der Waals surface area contributed by atoms with E-state index in [0.29, 0.717) is 31.0 Å². The van der Waals surface area contributed by atoms with Crippen molar-refractivity contribution < 1.29 is 19.4 Å². The average molecular weight is 487 g/mol. The summed E-state index contributed by atoms with van der Waals surface area (Å²) in [6, 6.07) is 12.1. The number of ketones is 1. The highest BCUT2D eigenvalue weighted by atomic mass is 79.9. The van der Waals surface area contributed by atoms with E-state index >= 15 is 0 Å². The lowest BCUT2D eigenvalue weighted by Gasteiger charge is -2.26. The number of hydrogen-bond donors (Lipinski definition) is 1. The van der Waals surface area contributed by atoms with Crippen LogP contribution in [0.1, 0.15) is 29.7 Å². The van der Waals surface area contributed by atoms with Crippen molar-refractivity contribution in [3.05, 3.63) is 69.2 Å². The predicted molar refractivity (Wildman–Crippen MR) is 124 cm³/mol. The number of nitrogens with zero attached hydrogens (tertiary/aromatic N) is 2. The van der Waals surface area contributed by atoms with Gasteiger partial charge in [-0.15, -0.1) is 0 Å². The number of carbonyl (C=O) groups is 2. The number of aliphatic hydroxyl groups is 1. The fraction of sp³-hybridized carbons (Fsp3) is 0.333. The summed E-state index contributed by atoms with van der Waals surface area (Å²) in [4.78, 5) is 29.5. The summed E-state index contributed by atoms with van der Waals surface area (Å²) in [6.45, 7) is 5.25. The SMILES string of the molecule is CCOc1ccc(/C(O)=C2\C(=O)C(=O)N(CCN(C)C)C2c2ccc(Br)cc2)c(C)c1. The van der Waals surface area contributed by atoms with Gasteiger partial charge in [0.1, 0.15) is 11.5 Å². The van der Waals surface area contributed by atoms with Crippen LogP contribution < -0.4 is 4.74 Å². The molecule has 0 aliphatic carbocycles. The lowest BCUT2D eigenvalue weighted by atomic mass is 9.94. The second kappa shape index (κ2) is 9.66. The monoisotopic (exact) mass is 486 g/mol. The molecule has 3 rings (SSSR count). The molecule has 1 fully saturated rings. The van der Waals surface area contributed by atoms with Gasteiger partial charge >= 0.3 is 0 Å². The van der Waals surface area contributed by atoms with Crippen molar-refractivity contribution in [2.75, 3.05) is 33.8 Å². The Morgan fingerprint density at radius 2 is 1.84 bits per heavy atom. The van der Waals surface area contributed by atoms with Crippen molar-refractivity contribution in [3.63, 3.8) is 0 Å². The van der Waals surface area contributed by atoms with Gasteiger partial charge in [0.15, 0.2) is 0 Å². The zero-order valence-corrected chi connectivity index (χ0v) is 19.8. The Balaban J connectivity index is 2.13. The number of aryl methyl sites for hydroxylation is 1. The lowest BCUT2D eigenvalue weighted by molar-refractivity contribution is -0.140. The summed E-state index contributed by atoms with van der Waals surface area (Å²) in [5.41, 5.74) is 2.15. The molecule has 164 valence electrons. The van der Waals surface area contributed by atoms with Crippen molar-refractivity contribution in [1.29, 1.82) is 0 Å². The molecule has 6 nitrogen and oxygen atoms in total. The second-order valence-electron chi connectivity index (χ2n) is 7.76. The minimum Gasteiger partial charge on any atom is -0.507 e. The summed E-state index contributed by atoms with van der Waals surface area (Å²) in [7, 11) is 3.82. The van der Waals surface area contributed by atoms with Gasteiger partial charge in [0, 0.05) is 23.1 Å². The third kappa shape index (κ3) is 4.83. The van der Waals surface area contributed by atoms with E-state index in [4.69, 9.17) is 4.74 Å². The Hall–Kier alpha value is -2.64. The first kappa shape index (κ1) is 23.0. The van der Waals surface area contributed by atoms with Gasteiger partial charge in [-0.2, -0.15) is 0 Å². The fourth-order valence-electron chi connectivity index (χ4n) is 3.71. The maximum absolute atomic E-state index is 13.0.